The van der Waals surface area contributed by atoms with Crippen molar-refractivity contribution >= 4 is 5.97 Å². The van der Waals surface area contributed by atoms with Crippen molar-refractivity contribution in [2.45, 2.75) is 0 Å². The maximum atomic E-state index is 10.3. The van der Waals surface area contributed by atoms with Crippen LogP contribution in [0.4, 0.5) is 0 Å². The Bertz CT molecular complexity index is 195. The van der Waals surface area contributed by atoms with Gasteiger partial charge in [-0.2, -0.15) is 5.06 Å². The van der Waals surface area contributed by atoms with Crippen LogP contribution < -0.4 is 5.32 Å². The van der Waals surface area contributed by atoms with Gasteiger partial charge in [0.25, 0.3) is 0 Å². The van der Waals surface area contributed by atoms with Gasteiger partial charge in [-0.15, -0.1) is 0 Å². The first-order chi connectivity index (χ1) is 7.18. The van der Waals surface area contributed by atoms with Crippen molar-refractivity contribution in [2.24, 2.45) is 0 Å². The van der Waals surface area contributed by atoms with Crippen LogP contribution >= 0.6 is 0 Å². The number of piperazine rings is 1. The fourth-order valence-corrected chi connectivity index (χ4v) is 1.50. The fraction of sp³-hybridized carbons (Fsp3) is 0.889. The summed E-state index contributed by atoms with van der Waals surface area (Å²) in [6.45, 7) is 5.42. The van der Waals surface area contributed by atoms with Gasteiger partial charge in [-0.05, 0) is 0 Å². The second-order valence-electron chi connectivity index (χ2n) is 3.60. The van der Waals surface area contributed by atoms with Crippen molar-refractivity contribution in [2.75, 3.05) is 52.9 Å². The average Bonchev–Trinajstić information content (AvgIpc) is 2.18. The van der Waals surface area contributed by atoms with Crippen molar-refractivity contribution < 1.29 is 14.7 Å². The Kier molecular flexibility index (Phi) is 5.56. The zero-order valence-electron chi connectivity index (χ0n) is 9.11. The van der Waals surface area contributed by atoms with E-state index in [1.165, 1.54) is 5.06 Å². The van der Waals surface area contributed by atoms with Crippen LogP contribution in [0.3, 0.4) is 0 Å². The lowest BCUT2D eigenvalue weighted by Gasteiger charge is -2.27. The van der Waals surface area contributed by atoms with Gasteiger partial charge in [0.1, 0.15) is 6.54 Å². The summed E-state index contributed by atoms with van der Waals surface area (Å²) in [4.78, 5) is 17.9. The molecule has 15 heavy (non-hydrogen) atoms. The van der Waals surface area contributed by atoms with Crippen molar-refractivity contribution in [3.05, 3.63) is 0 Å². The number of nitrogens with zero attached hydrogens (tertiary/aromatic N) is 2. The van der Waals surface area contributed by atoms with Crippen LogP contribution in [0.25, 0.3) is 0 Å². The molecule has 1 fully saturated rings. The first-order valence-electron chi connectivity index (χ1n) is 5.17. The predicted octanol–water partition coefficient (Wildman–Crippen LogP) is -1.16. The van der Waals surface area contributed by atoms with Crippen LogP contribution in [0.15, 0.2) is 0 Å². The van der Waals surface area contributed by atoms with E-state index < -0.39 is 5.97 Å². The molecular weight excluding hydrogens is 198 g/mol. The Morgan fingerprint density at radius 1 is 1.53 bits per heavy atom. The molecule has 0 aliphatic carbocycles. The van der Waals surface area contributed by atoms with Gasteiger partial charge in [0.05, 0.1) is 6.61 Å². The highest BCUT2D eigenvalue weighted by atomic mass is 16.7. The van der Waals surface area contributed by atoms with Crippen LogP contribution in [-0.2, 0) is 9.63 Å². The van der Waals surface area contributed by atoms with Gasteiger partial charge in [-0.1, -0.05) is 0 Å². The van der Waals surface area contributed by atoms with Gasteiger partial charge < -0.3 is 10.4 Å². The second kappa shape index (κ2) is 6.73. The van der Waals surface area contributed by atoms with E-state index in [0.29, 0.717) is 6.61 Å². The fourth-order valence-electron chi connectivity index (χ4n) is 1.50. The number of carboxylic acids is 1. The highest BCUT2D eigenvalue weighted by molar-refractivity contribution is 5.68. The van der Waals surface area contributed by atoms with Gasteiger partial charge in [-0.25, -0.2) is 0 Å². The Morgan fingerprint density at radius 3 is 2.80 bits per heavy atom. The molecule has 1 aliphatic rings. The number of hydroxylamine groups is 2. The molecule has 2 N–H and O–H groups in total. The molecule has 0 radical (unpaired) electrons. The number of rotatable bonds is 6. The van der Waals surface area contributed by atoms with Gasteiger partial charge in [0.2, 0.25) is 0 Å². The van der Waals surface area contributed by atoms with Gasteiger partial charge in [0, 0.05) is 39.8 Å². The molecule has 0 amide bonds. The summed E-state index contributed by atoms with van der Waals surface area (Å²) in [6.07, 6.45) is 0. The maximum Gasteiger partial charge on any atom is 0.320 e. The monoisotopic (exact) mass is 217 g/mol. The molecule has 0 spiro atoms. The maximum absolute atomic E-state index is 10.3. The van der Waals surface area contributed by atoms with E-state index in [0.717, 1.165) is 32.7 Å². The molecule has 6 nitrogen and oxygen atoms in total. The first-order valence-corrected chi connectivity index (χ1v) is 5.17. The number of aliphatic carboxylic acids is 1. The SMILES string of the molecule is CN(CC(=O)O)OCCN1CCNCC1. The topological polar surface area (TPSA) is 65.0 Å². The molecule has 1 heterocycles. The zero-order chi connectivity index (χ0) is 11.1. The molecule has 1 rings (SSSR count). The quantitative estimate of drug-likeness (QED) is 0.547. The van der Waals surface area contributed by atoms with E-state index in [1.807, 2.05) is 0 Å². The molecule has 1 saturated heterocycles. The molecule has 1 aliphatic heterocycles. The number of carboxylic acid groups (broad SMARTS) is 1. The lowest BCUT2D eigenvalue weighted by atomic mass is 10.4. The molecular formula is C9H19N3O3. The van der Waals surface area contributed by atoms with Crippen LogP contribution in [-0.4, -0.2) is 74.0 Å². The lowest BCUT2D eigenvalue weighted by Crippen LogP contribution is -2.45. The van der Waals surface area contributed by atoms with E-state index in [2.05, 4.69) is 10.2 Å². The highest BCUT2D eigenvalue weighted by Crippen LogP contribution is 1.93. The predicted molar refractivity (Wildman–Crippen MR) is 55.5 cm³/mol. The van der Waals surface area contributed by atoms with Crippen molar-refractivity contribution in [3.8, 4) is 0 Å². The summed E-state index contributed by atoms with van der Waals surface area (Å²) >= 11 is 0. The molecule has 6 heteroatoms. The number of likely N-dealkylation sites (N-methyl/N-ethyl adjacent to an activating group) is 1. The first kappa shape index (κ1) is 12.4. The number of nitrogens with one attached hydrogen (secondary N) is 1. The molecule has 0 bridgehead atoms. The molecule has 0 aromatic rings. The van der Waals surface area contributed by atoms with Gasteiger partial charge >= 0.3 is 5.97 Å². The van der Waals surface area contributed by atoms with E-state index in [4.69, 9.17) is 9.94 Å². The summed E-state index contributed by atoms with van der Waals surface area (Å²) in [5, 5.41) is 13.1. The number of carbonyl (C=O) groups is 1. The third-order valence-electron chi connectivity index (χ3n) is 2.29. The van der Waals surface area contributed by atoms with E-state index in [-0.39, 0.29) is 6.54 Å². The van der Waals surface area contributed by atoms with Crippen LogP contribution in [0, 0.1) is 0 Å². The van der Waals surface area contributed by atoms with Gasteiger partial charge in [0.15, 0.2) is 0 Å². The Labute approximate surface area is 89.7 Å². The normalized spacial score (nSPS) is 18.3. The molecule has 88 valence electrons. The molecule has 0 saturated carbocycles. The third-order valence-corrected chi connectivity index (χ3v) is 2.29. The molecule has 0 aromatic carbocycles. The van der Waals surface area contributed by atoms with E-state index >= 15 is 0 Å². The third kappa shape index (κ3) is 5.68. The van der Waals surface area contributed by atoms with Crippen molar-refractivity contribution in [3.63, 3.8) is 0 Å². The minimum atomic E-state index is -0.875. The average molecular weight is 217 g/mol. The standard InChI is InChI=1S/C9H19N3O3/c1-11(8-9(13)14)15-7-6-12-4-2-10-3-5-12/h10H,2-8H2,1H3,(H,13,14). The Morgan fingerprint density at radius 2 is 2.20 bits per heavy atom. The largest absolute Gasteiger partial charge is 0.480 e. The summed E-state index contributed by atoms with van der Waals surface area (Å²) in [6, 6.07) is 0. The van der Waals surface area contributed by atoms with Crippen molar-refractivity contribution in [1.82, 2.24) is 15.3 Å². The highest BCUT2D eigenvalue weighted by Gasteiger charge is 2.10. The van der Waals surface area contributed by atoms with E-state index in [1.54, 1.807) is 7.05 Å². The van der Waals surface area contributed by atoms with Crippen molar-refractivity contribution in [1.29, 1.82) is 0 Å². The zero-order valence-corrected chi connectivity index (χ0v) is 9.11. The smallest absolute Gasteiger partial charge is 0.320 e. The van der Waals surface area contributed by atoms with Crippen LogP contribution in [0.5, 0.6) is 0 Å². The number of hydrogen-bond acceptors (Lipinski definition) is 5. The molecule has 0 aromatic heterocycles. The van der Waals surface area contributed by atoms with Crippen LogP contribution in [0.1, 0.15) is 0 Å². The molecule has 0 atom stereocenters. The summed E-state index contributed by atoms with van der Waals surface area (Å²) in [5.41, 5.74) is 0. The summed E-state index contributed by atoms with van der Waals surface area (Å²) in [7, 11) is 1.63. The van der Waals surface area contributed by atoms with Crippen LogP contribution in [0.2, 0.25) is 0 Å². The minimum absolute atomic E-state index is 0.0818. The minimum Gasteiger partial charge on any atom is -0.480 e. The molecule has 0 unspecified atom stereocenters. The summed E-state index contributed by atoms with van der Waals surface area (Å²) < 4.78 is 0. The van der Waals surface area contributed by atoms with Gasteiger partial charge in [-0.3, -0.25) is 14.5 Å². The lowest BCUT2D eigenvalue weighted by molar-refractivity contribution is -0.167. The van der Waals surface area contributed by atoms with E-state index in [9.17, 15) is 4.79 Å². The summed E-state index contributed by atoms with van der Waals surface area (Å²) in [5.74, 6) is -0.875. The number of hydrogen-bond donors (Lipinski definition) is 2. The Hall–Kier alpha value is -0.690. The Balaban J connectivity index is 2.02. The second-order valence-corrected chi connectivity index (χ2v) is 3.60.